The maximum atomic E-state index is 14.2. The Kier molecular flexibility index (Phi) is 7.39. The number of nitrogens with zero attached hydrogens (tertiary/aromatic N) is 1. The summed E-state index contributed by atoms with van der Waals surface area (Å²) in [5, 5.41) is 15.2. The van der Waals surface area contributed by atoms with Crippen molar-refractivity contribution in [1.82, 2.24) is 4.72 Å². The highest BCUT2D eigenvalue weighted by Gasteiger charge is 2.10. The van der Waals surface area contributed by atoms with Crippen LogP contribution in [0.5, 0.6) is 0 Å². The fourth-order valence-electron chi connectivity index (χ4n) is 2.13. The highest BCUT2D eigenvalue weighted by Crippen LogP contribution is 2.26. The molecule has 130 valence electrons. The van der Waals surface area contributed by atoms with E-state index >= 15 is 0 Å². The molecule has 1 atom stereocenters. The van der Waals surface area contributed by atoms with E-state index in [0.29, 0.717) is 23.0 Å². The molecule has 0 heterocycles. The third kappa shape index (κ3) is 5.39. The van der Waals surface area contributed by atoms with Crippen LogP contribution in [0.3, 0.4) is 0 Å². The molecule has 2 aromatic rings. The topological polar surface area (TPSA) is 61.5 Å². The molecule has 2 rings (SSSR count). The summed E-state index contributed by atoms with van der Waals surface area (Å²) < 4.78 is 18.1. The lowest BCUT2D eigenvalue weighted by atomic mass is 10.0. The van der Waals surface area contributed by atoms with Gasteiger partial charge >= 0.3 is 0 Å². The van der Waals surface area contributed by atoms with Crippen molar-refractivity contribution in [2.24, 2.45) is 5.14 Å². The van der Waals surface area contributed by atoms with Gasteiger partial charge in [-0.15, -0.1) is 0 Å². The molecule has 0 saturated carbocycles. The minimum Gasteiger partial charge on any atom is -0.276 e. The van der Waals surface area contributed by atoms with E-state index in [1.165, 1.54) is 11.9 Å². The number of nitrogens with one attached hydrogen (secondary N) is 1. The van der Waals surface area contributed by atoms with Gasteiger partial charge in [-0.25, -0.2) is 4.39 Å². The van der Waals surface area contributed by atoms with Crippen molar-refractivity contribution in [2.45, 2.75) is 25.3 Å². The summed E-state index contributed by atoms with van der Waals surface area (Å²) in [5.74, 6) is 0. The summed E-state index contributed by atoms with van der Waals surface area (Å²) in [4.78, 5) is 0. The molecule has 0 spiro atoms. The Morgan fingerprint density at radius 2 is 1.62 bits per heavy atom. The van der Waals surface area contributed by atoms with E-state index in [1.807, 2.05) is 36.4 Å². The number of hydrogen-bond acceptors (Lipinski definition) is 6. The molecule has 0 fully saturated rings. The van der Waals surface area contributed by atoms with Crippen molar-refractivity contribution < 1.29 is 9.60 Å². The Morgan fingerprint density at radius 3 is 2.12 bits per heavy atom. The summed E-state index contributed by atoms with van der Waals surface area (Å²) in [6, 6.07) is 14.7. The van der Waals surface area contributed by atoms with Gasteiger partial charge in [-0.2, -0.15) is 4.47 Å². The summed E-state index contributed by atoms with van der Waals surface area (Å²) in [7, 11) is 0. The standard InChI is InChI=1S/C17H22FN3OS2/c1-12(2)23-20-11-17(18)15-5-3-13(4-6-15)14-7-9-16(10-8-14)21(22)24-19/h3-10,12,17,20,22H,11,19H2,1-2H3. The van der Waals surface area contributed by atoms with Crippen LogP contribution in [0.15, 0.2) is 48.5 Å². The number of halogens is 1. The van der Waals surface area contributed by atoms with E-state index in [0.717, 1.165) is 27.7 Å². The van der Waals surface area contributed by atoms with E-state index in [2.05, 4.69) is 18.6 Å². The van der Waals surface area contributed by atoms with Crippen LogP contribution >= 0.6 is 24.1 Å². The molecule has 0 aliphatic heterocycles. The monoisotopic (exact) mass is 367 g/mol. The minimum absolute atomic E-state index is 0.292. The second-order valence-corrected chi connectivity index (χ2v) is 7.55. The quantitative estimate of drug-likeness (QED) is 0.463. The van der Waals surface area contributed by atoms with Crippen LogP contribution in [0.1, 0.15) is 25.6 Å². The first-order chi connectivity index (χ1) is 11.5. The lowest BCUT2D eigenvalue weighted by Gasteiger charge is -2.13. The number of alkyl halides is 1. The molecule has 4 N–H and O–H groups in total. The molecular weight excluding hydrogens is 345 g/mol. The maximum Gasteiger partial charge on any atom is 0.138 e. The van der Waals surface area contributed by atoms with Gasteiger partial charge in [0.1, 0.15) is 6.17 Å². The molecule has 4 nitrogen and oxygen atoms in total. The van der Waals surface area contributed by atoms with Crippen molar-refractivity contribution in [3.63, 3.8) is 0 Å². The van der Waals surface area contributed by atoms with Crippen LogP contribution < -0.4 is 14.3 Å². The van der Waals surface area contributed by atoms with Crippen molar-refractivity contribution in [1.29, 1.82) is 0 Å². The SMILES string of the molecule is CC(C)SNCC(F)c1ccc(-c2ccc(N(O)SN)cc2)cc1. The number of rotatable bonds is 8. The van der Waals surface area contributed by atoms with E-state index in [-0.39, 0.29) is 0 Å². The molecule has 0 aliphatic carbocycles. The van der Waals surface area contributed by atoms with Gasteiger partial charge in [-0.05, 0) is 28.8 Å². The van der Waals surface area contributed by atoms with Gasteiger partial charge in [0.2, 0.25) is 0 Å². The zero-order chi connectivity index (χ0) is 17.5. The Morgan fingerprint density at radius 1 is 1.08 bits per heavy atom. The number of benzene rings is 2. The molecule has 0 radical (unpaired) electrons. The Balaban J connectivity index is 2.01. The average molecular weight is 368 g/mol. The van der Waals surface area contributed by atoms with Crippen LogP contribution in [0.2, 0.25) is 0 Å². The van der Waals surface area contributed by atoms with Crippen molar-refractivity contribution in [3.8, 4) is 11.1 Å². The fourth-order valence-corrected chi connectivity index (χ4v) is 2.95. The molecule has 0 aliphatic rings. The largest absolute Gasteiger partial charge is 0.276 e. The van der Waals surface area contributed by atoms with Gasteiger partial charge in [0, 0.05) is 11.8 Å². The third-order valence-corrected chi connectivity index (χ3v) is 4.59. The van der Waals surface area contributed by atoms with Gasteiger partial charge < -0.3 is 0 Å². The van der Waals surface area contributed by atoms with Crippen LogP contribution in [0.4, 0.5) is 10.1 Å². The van der Waals surface area contributed by atoms with Crippen LogP contribution in [0, 0.1) is 0 Å². The number of anilines is 1. The fraction of sp³-hybridized carbons (Fsp3) is 0.294. The lowest BCUT2D eigenvalue weighted by molar-refractivity contribution is 0.332. The molecule has 0 amide bonds. The minimum atomic E-state index is -1.03. The summed E-state index contributed by atoms with van der Waals surface area (Å²) in [5.41, 5.74) is 3.24. The first-order valence-corrected chi connectivity index (χ1v) is 9.31. The van der Waals surface area contributed by atoms with Gasteiger partial charge in [0.05, 0.1) is 17.8 Å². The first kappa shape index (κ1) is 19.1. The van der Waals surface area contributed by atoms with E-state index in [9.17, 15) is 9.60 Å². The van der Waals surface area contributed by atoms with Gasteiger partial charge in [-0.1, -0.05) is 62.2 Å². The predicted octanol–water partition coefficient (Wildman–Crippen LogP) is 4.73. The average Bonchev–Trinajstić information content (AvgIpc) is 2.61. The number of hydrogen-bond donors (Lipinski definition) is 3. The van der Waals surface area contributed by atoms with Crippen LogP contribution in [-0.2, 0) is 0 Å². The lowest BCUT2D eigenvalue weighted by Crippen LogP contribution is -2.14. The molecular formula is C17H22FN3OS2. The zero-order valence-corrected chi connectivity index (χ0v) is 15.3. The van der Waals surface area contributed by atoms with E-state index in [4.69, 9.17) is 5.14 Å². The highest BCUT2D eigenvalue weighted by molar-refractivity contribution is 7.98. The molecule has 0 saturated heterocycles. The van der Waals surface area contributed by atoms with Crippen LogP contribution in [0.25, 0.3) is 11.1 Å². The van der Waals surface area contributed by atoms with Crippen molar-refractivity contribution in [2.75, 3.05) is 11.0 Å². The summed E-state index contributed by atoms with van der Waals surface area (Å²) in [6.07, 6.45) is -1.03. The molecule has 7 heteroatoms. The Labute approximate surface area is 151 Å². The summed E-state index contributed by atoms with van der Waals surface area (Å²) in [6.45, 7) is 4.42. The molecule has 0 aromatic heterocycles. The Hall–Kier alpha value is -1.25. The zero-order valence-electron chi connectivity index (χ0n) is 13.6. The molecule has 0 bridgehead atoms. The maximum absolute atomic E-state index is 14.2. The molecule has 1 unspecified atom stereocenters. The smallest absolute Gasteiger partial charge is 0.138 e. The van der Waals surface area contributed by atoms with Gasteiger partial charge in [0.15, 0.2) is 0 Å². The van der Waals surface area contributed by atoms with Crippen LogP contribution in [-0.4, -0.2) is 17.0 Å². The predicted molar refractivity (Wildman–Crippen MR) is 103 cm³/mol. The summed E-state index contributed by atoms with van der Waals surface area (Å²) >= 11 is 2.27. The third-order valence-electron chi connectivity index (χ3n) is 3.38. The van der Waals surface area contributed by atoms with Crippen molar-refractivity contribution in [3.05, 3.63) is 54.1 Å². The second kappa shape index (κ2) is 9.29. The normalized spacial score (nSPS) is 12.4. The van der Waals surface area contributed by atoms with E-state index < -0.39 is 6.17 Å². The molecule has 2 aromatic carbocycles. The van der Waals surface area contributed by atoms with E-state index in [1.54, 1.807) is 12.1 Å². The molecule has 24 heavy (non-hydrogen) atoms. The van der Waals surface area contributed by atoms with Gasteiger partial charge in [-0.3, -0.25) is 15.1 Å². The number of nitrogens with two attached hydrogens (primary N) is 1. The first-order valence-electron chi connectivity index (χ1n) is 7.60. The highest BCUT2D eigenvalue weighted by atomic mass is 32.2. The van der Waals surface area contributed by atoms with Gasteiger partial charge in [0.25, 0.3) is 0 Å². The second-order valence-electron chi connectivity index (χ2n) is 5.53. The Bertz CT molecular complexity index is 623. The van der Waals surface area contributed by atoms with Crippen molar-refractivity contribution >= 4 is 29.8 Å².